The fourth-order valence-corrected chi connectivity index (χ4v) is 2.06. The Hall–Kier alpha value is -1.43. The zero-order chi connectivity index (χ0) is 13.6. The monoisotopic (exact) mass is 275 g/mol. The Kier molecular flexibility index (Phi) is 5.27. The topological polar surface area (TPSA) is 29.1 Å². The summed E-state index contributed by atoms with van der Waals surface area (Å²) in [5.41, 5.74) is 0. The van der Waals surface area contributed by atoms with Crippen LogP contribution in [0.2, 0.25) is 0 Å². The van der Waals surface area contributed by atoms with Gasteiger partial charge >= 0.3 is 6.18 Å². The fourth-order valence-electron chi connectivity index (χ4n) is 1.15. The van der Waals surface area contributed by atoms with Crippen LogP contribution in [0, 0.1) is 0 Å². The number of nitrogens with one attached hydrogen (secondary N) is 1. The highest BCUT2D eigenvalue weighted by molar-refractivity contribution is 8.00. The minimum absolute atomic E-state index is 0.137. The number of amides is 1. The van der Waals surface area contributed by atoms with Crippen molar-refractivity contribution in [2.45, 2.75) is 22.9 Å². The number of rotatable bonds is 5. The average molecular weight is 275 g/mol. The Balaban J connectivity index is 2.74. The van der Waals surface area contributed by atoms with E-state index in [0.29, 0.717) is 16.7 Å². The zero-order valence-electron chi connectivity index (χ0n) is 9.41. The predicted molar refractivity (Wildman–Crippen MR) is 65.1 cm³/mol. The van der Waals surface area contributed by atoms with E-state index in [0.717, 1.165) is 0 Å². The standard InChI is InChI=1S/C12H12F3NOS/c1-2-6-10(17)16-11(12(13,14)15)18-9-7-4-3-5-8-9/h2-5,7-8,11H,1,6H2,(H,16,17). The molecule has 0 aliphatic carbocycles. The van der Waals surface area contributed by atoms with Gasteiger partial charge in [-0.05, 0) is 12.1 Å². The third-order valence-corrected chi connectivity index (χ3v) is 3.08. The first-order chi connectivity index (χ1) is 8.43. The number of carbonyl (C=O) groups excluding carboxylic acids is 1. The maximum atomic E-state index is 12.7. The molecule has 0 heterocycles. The van der Waals surface area contributed by atoms with E-state index in [1.54, 1.807) is 30.3 Å². The van der Waals surface area contributed by atoms with Crippen LogP contribution in [0.15, 0.2) is 47.9 Å². The average Bonchev–Trinajstić information content (AvgIpc) is 2.28. The summed E-state index contributed by atoms with van der Waals surface area (Å²) in [4.78, 5) is 11.6. The second-order valence-corrected chi connectivity index (χ2v) is 4.59. The predicted octanol–water partition coefficient (Wildman–Crippen LogP) is 3.36. The van der Waals surface area contributed by atoms with Gasteiger partial charge in [0, 0.05) is 11.3 Å². The molecule has 6 heteroatoms. The largest absolute Gasteiger partial charge is 0.418 e. The third kappa shape index (κ3) is 4.83. The summed E-state index contributed by atoms with van der Waals surface area (Å²) in [5.74, 6) is -0.698. The molecule has 1 aromatic carbocycles. The number of carbonyl (C=O) groups is 1. The molecule has 1 rings (SSSR count). The van der Waals surface area contributed by atoms with Crippen molar-refractivity contribution in [1.82, 2.24) is 5.32 Å². The first-order valence-electron chi connectivity index (χ1n) is 5.12. The van der Waals surface area contributed by atoms with Crippen LogP contribution in [-0.4, -0.2) is 17.5 Å². The van der Waals surface area contributed by atoms with Gasteiger partial charge in [0.05, 0.1) is 0 Å². The molecule has 0 aromatic heterocycles. The van der Waals surface area contributed by atoms with Crippen molar-refractivity contribution in [1.29, 1.82) is 0 Å². The number of benzene rings is 1. The number of hydrogen-bond acceptors (Lipinski definition) is 2. The molecule has 0 fully saturated rings. The Bertz CT molecular complexity index is 406. The summed E-state index contributed by atoms with van der Waals surface area (Å²) in [5, 5.41) is -0.0174. The molecule has 1 aromatic rings. The smallest absolute Gasteiger partial charge is 0.336 e. The van der Waals surface area contributed by atoms with Crippen molar-refractivity contribution >= 4 is 17.7 Å². The molecule has 0 saturated carbocycles. The second kappa shape index (κ2) is 6.49. The molecule has 1 N–H and O–H groups in total. The Morgan fingerprint density at radius 3 is 2.50 bits per heavy atom. The molecule has 0 saturated heterocycles. The first-order valence-corrected chi connectivity index (χ1v) is 6.00. The molecule has 1 amide bonds. The summed E-state index contributed by atoms with van der Waals surface area (Å²) >= 11 is 0.559. The lowest BCUT2D eigenvalue weighted by Gasteiger charge is -2.20. The Morgan fingerprint density at radius 2 is 2.00 bits per heavy atom. The highest BCUT2D eigenvalue weighted by atomic mass is 32.2. The van der Waals surface area contributed by atoms with Crippen LogP contribution in [0.25, 0.3) is 0 Å². The number of hydrogen-bond donors (Lipinski definition) is 1. The quantitative estimate of drug-likeness (QED) is 0.507. The number of alkyl halides is 3. The number of thioether (sulfide) groups is 1. The van der Waals surface area contributed by atoms with Gasteiger partial charge in [0.15, 0.2) is 5.37 Å². The highest BCUT2D eigenvalue weighted by Crippen LogP contribution is 2.33. The summed E-state index contributed by atoms with van der Waals surface area (Å²) in [6.45, 7) is 3.31. The van der Waals surface area contributed by atoms with Gasteiger partial charge in [-0.25, -0.2) is 0 Å². The SMILES string of the molecule is C=CCC(=O)NC(Sc1ccccc1)C(F)(F)F. The van der Waals surface area contributed by atoms with Crippen LogP contribution in [0.5, 0.6) is 0 Å². The van der Waals surface area contributed by atoms with E-state index < -0.39 is 17.5 Å². The van der Waals surface area contributed by atoms with Crippen LogP contribution in [0.3, 0.4) is 0 Å². The van der Waals surface area contributed by atoms with E-state index in [1.807, 2.05) is 5.32 Å². The van der Waals surface area contributed by atoms with E-state index in [-0.39, 0.29) is 6.42 Å². The fraction of sp³-hybridized carbons (Fsp3) is 0.250. The third-order valence-electron chi connectivity index (χ3n) is 1.92. The molecule has 0 aliphatic heterocycles. The van der Waals surface area contributed by atoms with Crippen molar-refractivity contribution in [2.75, 3.05) is 0 Å². The summed E-state index contributed by atoms with van der Waals surface area (Å²) in [6.07, 6.45) is -3.38. The number of halogens is 3. The van der Waals surface area contributed by atoms with E-state index in [1.165, 1.54) is 6.08 Å². The van der Waals surface area contributed by atoms with Crippen LogP contribution in [-0.2, 0) is 4.79 Å². The lowest BCUT2D eigenvalue weighted by Crippen LogP contribution is -2.42. The maximum absolute atomic E-state index is 12.7. The molecule has 98 valence electrons. The van der Waals surface area contributed by atoms with Crippen LogP contribution < -0.4 is 5.32 Å². The normalized spacial score (nSPS) is 12.8. The summed E-state index contributed by atoms with van der Waals surface area (Å²) < 4.78 is 38.2. The summed E-state index contributed by atoms with van der Waals surface area (Å²) in [6, 6.07) is 8.11. The van der Waals surface area contributed by atoms with Crippen LogP contribution >= 0.6 is 11.8 Å². The lowest BCUT2D eigenvalue weighted by atomic mass is 10.4. The second-order valence-electron chi connectivity index (χ2n) is 3.41. The molecule has 1 atom stereocenters. The Labute approximate surface area is 107 Å². The van der Waals surface area contributed by atoms with E-state index in [4.69, 9.17) is 0 Å². The van der Waals surface area contributed by atoms with Gasteiger partial charge in [0.2, 0.25) is 5.91 Å². The van der Waals surface area contributed by atoms with E-state index in [2.05, 4.69) is 6.58 Å². The molecule has 0 radical (unpaired) electrons. The minimum atomic E-state index is -4.50. The summed E-state index contributed by atoms with van der Waals surface area (Å²) in [7, 11) is 0. The van der Waals surface area contributed by atoms with Gasteiger partial charge in [0.1, 0.15) is 0 Å². The maximum Gasteiger partial charge on any atom is 0.418 e. The molecule has 1 unspecified atom stereocenters. The molecule has 18 heavy (non-hydrogen) atoms. The van der Waals surface area contributed by atoms with Gasteiger partial charge in [-0.2, -0.15) is 13.2 Å². The van der Waals surface area contributed by atoms with Crippen molar-refractivity contribution in [3.63, 3.8) is 0 Å². The molecular weight excluding hydrogens is 263 g/mol. The van der Waals surface area contributed by atoms with Crippen molar-refractivity contribution in [2.24, 2.45) is 0 Å². The van der Waals surface area contributed by atoms with Gasteiger partial charge in [0.25, 0.3) is 0 Å². The van der Waals surface area contributed by atoms with Crippen LogP contribution in [0.1, 0.15) is 6.42 Å². The van der Waals surface area contributed by atoms with E-state index >= 15 is 0 Å². The first kappa shape index (κ1) is 14.6. The van der Waals surface area contributed by atoms with Crippen LogP contribution in [0.4, 0.5) is 13.2 Å². The van der Waals surface area contributed by atoms with Crippen molar-refractivity contribution in [3.05, 3.63) is 43.0 Å². The van der Waals surface area contributed by atoms with Gasteiger partial charge in [-0.15, -0.1) is 6.58 Å². The Morgan fingerprint density at radius 1 is 1.39 bits per heavy atom. The van der Waals surface area contributed by atoms with Gasteiger partial charge in [-0.3, -0.25) is 4.79 Å². The lowest BCUT2D eigenvalue weighted by molar-refractivity contribution is -0.144. The van der Waals surface area contributed by atoms with Crippen molar-refractivity contribution < 1.29 is 18.0 Å². The molecular formula is C12H12F3NOS. The van der Waals surface area contributed by atoms with Gasteiger partial charge < -0.3 is 5.32 Å². The highest BCUT2D eigenvalue weighted by Gasteiger charge is 2.41. The minimum Gasteiger partial charge on any atom is -0.336 e. The van der Waals surface area contributed by atoms with E-state index in [9.17, 15) is 18.0 Å². The molecule has 0 spiro atoms. The molecule has 0 aliphatic rings. The molecule has 2 nitrogen and oxygen atoms in total. The van der Waals surface area contributed by atoms with Crippen molar-refractivity contribution in [3.8, 4) is 0 Å². The molecule has 0 bridgehead atoms. The zero-order valence-corrected chi connectivity index (χ0v) is 10.2. The van der Waals surface area contributed by atoms with Gasteiger partial charge in [-0.1, -0.05) is 36.0 Å².